The zero-order valence-corrected chi connectivity index (χ0v) is 11.4. The van der Waals surface area contributed by atoms with Crippen LogP contribution in [0.2, 0.25) is 0 Å². The first-order chi connectivity index (χ1) is 9.20. The van der Waals surface area contributed by atoms with Crippen LogP contribution < -0.4 is 5.73 Å². The quantitative estimate of drug-likeness (QED) is 0.882. The number of nitrogens with zero attached hydrogens (tertiary/aromatic N) is 1. The fourth-order valence-electron chi connectivity index (χ4n) is 2.45. The molecule has 0 aromatic heterocycles. The molecule has 4 nitrogen and oxygen atoms in total. The Bertz CT molecular complexity index is 408. The summed E-state index contributed by atoms with van der Waals surface area (Å²) in [7, 11) is 0. The number of rotatable bonds is 4. The SMILES string of the molecule is CC1CN(C(=O)C(CN)Cc2ccccc2)CCO1. The van der Waals surface area contributed by atoms with Gasteiger partial charge in [-0.25, -0.2) is 0 Å². The number of nitrogens with two attached hydrogens (primary N) is 1. The zero-order valence-electron chi connectivity index (χ0n) is 11.4. The van der Waals surface area contributed by atoms with Gasteiger partial charge in [0.25, 0.3) is 0 Å². The lowest BCUT2D eigenvalue weighted by Gasteiger charge is -2.33. The molecule has 1 saturated heterocycles. The molecule has 0 radical (unpaired) electrons. The van der Waals surface area contributed by atoms with Gasteiger partial charge in [-0.05, 0) is 18.9 Å². The van der Waals surface area contributed by atoms with Crippen molar-refractivity contribution in [1.82, 2.24) is 4.90 Å². The number of carbonyl (C=O) groups excluding carboxylic acids is 1. The van der Waals surface area contributed by atoms with Gasteiger partial charge in [0, 0.05) is 19.6 Å². The lowest BCUT2D eigenvalue weighted by Crippen LogP contribution is -2.48. The standard InChI is InChI=1S/C15H22N2O2/c1-12-11-17(7-8-19-12)15(18)14(10-16)9-13-5-3-2-4-6-13/h2-6,12,14H,7-11,16H2,1H3. The predicted octanol–water partition coefficient (Wildman–Crippen LogP) is 1.05. The third-order valence-corrected chi connectivity index (χ3v) is 3.51. The van der Waals surface area contributed by atoms with Crippen LogP contribution in [0.15, 0.2) is 30.3 Å². The minimum absolute atomic E-state index is 0.118. The second-order valence-corrected chi connectivity index (χ2v) is 5.09. The minimum Gasteiger partial charge on any atom is -0.375 e. The van der Waals surface area contributed by atoms with E-state index in [1.807, 2.05) is 42.2 Å². The third kappa shape index (κ3) is 3.78. The van der Waals surface area contributed by atoms with Crippen molar-refractivity contribution in [1.29, 1.82) is 0 Å². The lowest BCUT2D eigenvalue weighted by molar-refractivity contribution is -0.142. The van der Waals surface area contributed by atoms with Crippen LogP contribution in [0.25, 0.3) is 0 Å². The number of amides is 1. The molecule has 2 rings (SSSR count). The Morgan fingerprint density at radius 3 is 2.84 bits per heavy atom. The van der Waals surface area contributed by atoms with Gasteiger partial charge in [-0.15, -0.1) is 0 Å². The Morgan fingerprint density at radius 2 is 2.21 bits per heavy atom. The number of benzene rings is 1. The van der Waals surface area contributed by atoms with Crippen LogP contribution in [0.4, 0.5) is 0 Å². The van der Waals surface area contributed by atoms with Crippen LogP contribution in [-0.2, 0) is 16.0 Å². The molecule has 1 fully saturated rings. The second kappa shape index (κ2) is 6.68. The van der Waals surface area contributed by atoms with Crippen molar-refractivity contribution < 1.29 is 9.53 Å². The van der Waals surface area contributed by atoms with E-state index >= 15 is 0 Å². The Kier molecular flexibility index (Phi) is 4.93. The van der Waals surface area contributed by atoms with E-state index in [1.165, 1.54) is 0 Å². The van der Waals surface area contributed by atoms with E-state index in [0.29, 0.717) is 32.7 Å². The van der Waals surface area contributed by atoms with Crippen molar-refractivity contribution in [3.63, 3.8) is 0 Å². The molecule has 1 aromatic carbocycles. The van der Waals surface area contributed by atoms with E-state index in [4.69, 9.17) is 10.5 Å². The monoisotopic (exact) mass is 262 g/mol. The highest BCUT2D eigenvalue weighted by Crippen LogP contribution is 2.14. The first kappa shape index (κ1) is 14.0. The number of morpholine rings is 1. The first-order valence-electron chi connectivity index (χ1n) is 6.85. The smallest absolute Gasteiger partial charge is 0.227 e. The maximum absolute atomic E-state index is 12.5. The summed E-state index contributed by atoms with van der Waals surface area (Å²) >= 11 is 0. The van der Waals surface area contributed by atoms with Crippen molar-refractivity contribution in [2.24, 2.45) is 11.7 Å². The molecule has 1 heterocycles. The van der Waals surface area contributed by atoms with Gasteiger partial charge in [0.1, 0.15) is 0 Å². The average molecular weight is 262 g/mol. The van der Waals surface area contributed by atoms with E-state index < -0.39 is 0 Å². The zero-order chi connectivity index (χ0) is 13.7. The molecule has 104 valence electrons. The van der Waals surface area contributed by atoms with Crippen LogP contribution in [0.3, 0.4) is 0 Å². The first-order valence-corrected chi connectivity index (χ1v) is 6.85. The fourth-order valence-corrected chi connectivity index (χ4v) is 2.45. The van der Waals surface area contributed by atoms with Gasteiger partial charge in [-0.2, -0.15) is 0 Å². The van der Waals surface area contributed by atoms with Gasteiger partial charge in [0.15, 0.2) is 0 Å². The van der Waals surface area contributed by atoms with Crippen molar-refractivity contribution in [2.75, 3.05) is 26.2 Å². The van der Waals surface area contributed by atoms with Crippen LogP contribution in [0.1, 0.15) is 12.5 Å². The van der Waals surface area contributed by atoms with E-state index in [2.05, 4.69) is 0 Å². The van der Waals surface area contributed by atoms with Crippen LogP contribution in [0, 0.1) is 5.92 Å². The van der Waals surface area contributed by atoms with E-state index in [9.17, 15) is 4.79 Å². The van der Waals surface area contributed by atoms with Gasteiger partial charge in [-0.3, -0.25) is 4.79 Å². The van der Waals surface area contributed by atoms with Gasteiger partial charge < -0.3 is 15.4 Å². The molecule has 1 amide bonds. The van der Waals surface area contributed by atoms with E-state index in [-0.39, 0.29) is 17.9 Å². The van der Waals surface area contributed by atoms with E-state index in [0.717, 1.165) is 5.56 Å². The number of carbonyl (C=O) groups is 1. The molecular weight excluding hydrogens is 240 g/mol. The molecule has 4 heteroatoms. The highest BCUT2D eigenvalue weighted by atomic mass is 16.5. The summed E-state index contributed by atoms with van der Waals surface area (Å²) in [5.74, 6) is 0.0224. The maximum atomic E-state index is 12.5. The molecular formula is C15H22N2O2. The number of hydrogen-bond acceptors (Lipinski definition) is 3. The van der Waals surface area contributed by atoms with Gasteiger partial charge in [-0.1, -0.05) is 30.3 Å². The summed E-state index contributed by atoms with van der Waals surface area (Å²) in [5.41, 5.74) is 6.94. The summed E-state index contributed by atoms with van der Waals surface area (Å²) in [6.45, 7) is 4.35. The van der Waals surface area contributed by atoms with Crippen LogP contribution in [0.5, 0.6) is 0 Å². The number of ether oxygens (including phenoxy) is 1. The molecule has 2 unspecified atom stereocenters. The number of hydrogen-bond donors (Lipinski definition) is 1. The Labute approximate surface area is 114 Å². The molecule has 0 aliphatic carbocycles. The Hall–Kier alpha value is -1.39. The van der Waals surface area contributed by atoms with Crippen molar-refractivity contribution in [3.05, 3.63) is 35.9 Å². The van der Waals surface area contributed by atoms with Gasteiger partial charge >= 0.3 is 0 Å². The predicted molar refractivity (Wildman–Crippen MR) is 74.7 cm³/mol. The molecule has 1 aromatic rings. The van der Waals surface area contributed by atoms with Crippen LogP contribution >= 0.6 is 0 Å². The molecule has 2 atom stereocenters. The molecule has 0 bridgehead atoms. The highest BCUT2D eigenvalue weighted by Gasteiger charge is 2.27. The maximum Gasteiger partial charge on any atom is 0.227 e. The van der Waals surface area contributed by atoms with Crippen molar-refractivity contribution >= 4 is 5.91 Å². The van der Waals surface area contributed by atoms with Crippen molar-refractivity contribution in [2.45, 2.75) is 19.4 Å². The Morgan fingerprint density at radius 1 is 1.47 bits per heavy atom. The van der Waals surface area contributed by atoms with Crippen LogP contribution in [-0.4, -0.2) is 43.2 Å². The molecule has 0 spiro atoms. The molecule has 19 heavy (non-hydrogen) atoms. The summed E-state index contributed by atoms with van der Waals surface area (Å²) in [4.78, 5) is 14.4. The van der Waals surface area contributed by atoms with Crippen molar-refractivity contribution in [3.8, 4) is 0 Å². The summed E-state index contributed by atoms with van der Waals surface area (Å²) in [5, 5.41) is 0. The molecule has 2 N–H and O–H groups in total. The van der Waals surface area contributed by atoms with E-state index in [1.54, 1.807) is 0 Å². The van der Waals surface area contributed by atoms with Gasteiger partial charge in [0.05, 0.1) is 18.6 Å². The topological polar surface area (TPSA) is 55.6 Å². The molecule has 0 saturated carbocycles. The second-order valence-electron chi connectivity index (χ2n) is 5.09. The summed E-state index contributed by atoms with van der Waals surface area (Å²) < 4.78 is 5.46. The Balaban J connectivity index is 1.98. The normalized spacial score (nSPS) is 21.2. The summed E-state index contributed by atoms with van der Waals surface area (Å²) in [6.07, 6.45) is 0.829. The van der Waals surface area contributed by atoms with Gasteiger partial charge in [0.2, 0.25) is 5.91 Å². The minimum atomic E-state index is -0.132. The highest BCUT2D eigenvalue weighted by molar-refractivity contribution is 5.79. The summed E-state index contributed by atoms with van der Waals surface area (Å²) in [6, 6.07) is 10.0. The fraction of sp³-hybridized carbons (Fsp3) is 0.533. The third-order valence-electron chi connectivity index (χ3n) is 3.51. The molecule has 1 aliphatic rings. The lowest BCUT2D eigenvalue weighted by atomic mass is 9.97. The average Bonchev–Trinajstić information content (AvgIpc) is 2.45. The largest absolute Gasteiger partial charge is 0.375 e. The molecule has 1 aliphatic heterocycles.